The van der Waals surface area contributed by atoms with Gasteiger partial charge in [0, 0.05) is 29.9 Å². The maximum atomic E-state index is 12.1. The number of hydrogen-bond donors (Lipinski definition) is 1. The van der Waals surface area contributed by atoms with Gasteiger partial charge < -0.3 is 5.32 Å². The van der Waals surface area contributed by atoms with Gasteiger partial charge in [0.1, 0.15) is 0 Å². The van der Waals surface area contributed by atoms with Gasteiger partial charge in [0.05, 0.1) is 6.42 Å². The Hall–Kier alpha value is -3.01. The first-order valence-corrected chi connectivity index (χ1v) is 8.31. The molecule has 0 aliphatic carbocycles. The molecule has 1 heterocycles. The lowest BCUT2D eigenvalue weighted by Crippen LogP contribution is -2.27. The number of aromatic nitrogens is 1. The van der Waals surface area contributed by atoms with Crippen LogP contribution in [-0.2, 0) is 17.6 Å². The molecular formula is C21H20N2O2. The molecule has 0 aliphatic heterocycles. The largest absolute Gasteiger partial charge is 0.355 e. The molecule has 126 valence electrons. The molecule has 0 aliphatic rings. The molecule has 1 aromatic heterocycles. The third-order valence-corrected chi connectivity index (χ3v) is 4.17. The van der Waals surface area contributed by atoms with Crippen LogP contribution in [0.4, 0.5) is 0 Å². The van der Waals surface area contributed by atoms with E-state index >= 15 is 0 Å². The molecule has 4 heteroatoms. The molecule has 1 N–H and O–H groups in total. The fourth-order valence-corrected chi connectivity index (χ4v) is 2.74. The van der Waals surface area contributed by atoms with Crippen molar-refractivity contribution in [2.24, 2.45) is 0 Å². The smallest absolute Gasteiger partial charge is 0.224 e. The van der Waals surface area contributed by atoms with E-state index in [4.69, 9.17) is 0 Å². The molecule has 3 rings (SSSR count). The summed E-state index contributed by atoms with van der Waals surface area (Å²) in [6.45, 7) is 2.13. The summed E-state index contributed by atoms with van der Waals surface area (Å²) in [6.07, 6.45) is 4.68. The van der Waals surface area contributed by atoms with Crippen LogP contribution in [0.15, 0.2) is 60.9 Å². The summed E-state index contributed by atoms with van der Waals surface area (Å²) in [5.74, 6) is 0.0692. The SMILES string of the molecule is CC(=O)c1ccc(CCNC(=O)Cc2ccc3cnccc3c2)cc1. The molecule has 0 spiro atoms. The number of pyridine rings is 1. The Morgan fingerprint density at radius 2 is 1.72 bits per heavy atom. The number of hydrogen-bond acceptors (Lipinski definition) is 3. The van der Waals surface area contributed by atoms with E-state index in [1.807, 2.05) is 54.7 Å². The lowest BCUT2D eigenvalue weighted by Gasteiger charge is -2.07. The molecule has 0 saturated heterocycles. The van der Waals surface area contributed by atoms with E-state index in [0.717, 1.165) is 28.3 Å². The third-order valence-electron chi connectivity index (χ3n) is 4.17. The van der Waals surface area contributed by atoms with E-state index in [-0.39, 0.29) is 11.7 Å². The molecule has 0 atom stereocenters. The van der Waals surface area contributed by atoms with Gasteiger partial charge >= 0.3 is 0 Å². The predicted octanol–water partition coefficient (Wildman–Crippen LogP) is 3.34. The minimum absolute atomic E-state index is 0.00811. The van der Waals surface area contributed by atoms with E-state index in [2.05, 4.69) is 10.3 Å². The van der Waals surface area contributed by atoms with Gasteiger partial charge in [0.15, 0.2) is 5.78 Å². The van der Waals surface area contributed by atoms with E-state index < -0.39 is 0 Å². The van der Waals surface area contributed by atoms with Crippen molar-refractivity contribution in [3.05, 3.63) is 77.6 Å². The zero-order chi connectivity index (χ0) is 17.6. The number of benzene rings is 2. The van der Waals surface area contributed by atoms with Crippen molar-refractivity contribution < 1.29 is 9.59 Å². The molecular weight excluding hydrogens is 312 g/mol. The van der Waals surface area contributed by atoms with Crippen LogP contribution >= 0.6 is 0 Å². The van der Waals surface area contributed by atoms with Crippen molar-refractivity contribution in [3.8, 4) is 0 Å². The van der Waals surface area contributed by atoms with Gasteiger partial charge in [-0.1, -0.05) is 42.5 Å². The van der Waals surface area contributed by atoms with E-state index in [1.54, 1.807) is 13.1 Å². The fourth-order valence-electron chi connectivity index (χ4n) is 2.74. The number of nitrogens with one attached hydrogen (secondary N) is 1. The fraction of sp³-hybridized carbons (Fsp3) is 0.190. The molecule has 25 heavy (non-hydrogen) atoms. The Bertz CT molecular complexity index is 901. The number of amides is 1. The van der Waals surface area contributed by atoms with Gasteiger partial charge in [0.2, 0.25) is 5.91 Å². The highest BCUT2D eigenvalue weighted by molar-refractivity contribution is 5.94. The number of fused-ring (bicyclic) bond motifs is 1. The predicted molar refractivity (Wildman–Crippen MR) is 98.6 cm³/mol. The highest BCUT2D eigenvalue weighted by atomic mass is 16.1. The summed E-state index contributed by atoms with van der Waals surface area (Å²) in [5.41, 5.74) is 2.80. The second-order valence-electron chi connectivity index (χ2n) is 6.09. The van der Waals surface area contributed by atoms with Gasteiger partial charge in [-0.05, 0) is 35.9 Å². The molecule has 0 fully saturated rings. The van der Waals surface area contributed by atoms with E-state index in [0.29, 0.717) is 18.5 Å². The minimum atomic E-state index is 0.00811. The summed E-state index contributed by atoms with van der Waals surface area (Å²) in [7, 11) is 0. The lowest BCUT2D eigenvalue weighted by molar-refractivity contribution is -0.120. The molecule has 4 nitrogen and oxygen atoms in total. The Morgan fingerprint density at radius 1 is 0.960 bits per heavy atom. The topological polar surface area (TPSA) is 59.1 Å². The monoisotopic (exact) mass is 332 g/mol. The highest BCUT2D eigenvalue weighted by Gasteiger charge is 2.05. The molecule has 1 amide bonds. The van der Waals surface area contributed by atoms with Gasteiger partial charge in [-0.3, -0.25) is 14.6 Å². The second-order valence-corrected chi connectivity index (χ2v) is 6.09. The van der Waals surface area contributed by atoms with Crippen LogP contribution in [0.5, 0.6) is 0 Å². The van der Waals surface area contributed by atoms with Crippen LogP contribution in [0.3, 0.4) is 0 Å². The van der Waals surface area contributed by atoms with Crippen LogP contribution < -0.4 is 5.32 Å². The number of ketones is 1. The minimum Gasteiger partial charge on any atom is -0.355 e. The summed E-state index contributed by atoms with van der Waals surface area (Å²) < 4.78 is 0. The molecule has 3 aromatic rings. The summed E-state index contributed by atoms with van der Waals surface area (Å²) >= 11 is 0. The van der Waals surface area contributed by atoms with Gasteiger partial charge in [-0.15, -0.1) is 0 Å². The number of carbonyl (C=O) groups is 2. The summed E-state index contributed by atoms with van der Waals surface area (Å²) in [6, 6.07) is 15.4. The van der Waals surface area contributed by atoms with Crippen LogP contribution in [0, 0.1) is 0 Å². The molecule has 0 saturated carbocycles. The molecule has 0 bridgehead atoms. The lowest BCUT2D eigenvalue weighted by atomic mass is 10.1. The van der Waals surface area contributed by atoms with Crippen molar-refractivity contribution in [2.75, 3.05) is 6.54 Å². The van der Waals surface area contributed by atoms with Crippen molar-refractivity contribution >= 4 is 22.5 Å². The quantitative estimate of drug-likeness (QED) is 0.704. The Morgan fingerprint density at radius 3 is 2.48 bits per heavy atom. The summed E-state index contributed by atoms with van der Waals surface area (Å²) in [5, 5.41) is 5.11. The van der Waals surface area contributed by atoms with E-state index in [1.165, 1.54) is 0 Å². The van der Waals surface area contributed by atoms with Crippen molar-refractivity contribution in [2.45, 2.75) is 19.8 Å². The van der Waals surface area contributed by atoms with Crippen LogP contribution in [0.25, 0.3) is 10.8 Å². The summed E-state index contributed by atoms with van der Waals surface area (Å²) in [4.78, 5) is 27.5. The van der Waals surface area contributed by atoms with E-state index in [9.17, 15) is 9.59 Å². The zero-order valence-electron chi connectivity index (χ0n) is 14.2. The van der Waals surface area contributed by atoms with Gasteiger partial charge in [0.25, 0.3) is 0 Å². The third kappa shape index (κ3) is 4.51. The number of carbonyl (C=O) groups excluding carboxylic acids is 2. The Balaban J connectivity index is 1.51. The van der Waals surface area contributed by atoms with Crippen LogP contribution in [0.1, 0.15) is 28.4 Å². The Labute approximate surface area is 146 Å². The van der Waals surface area contributed by atoms with Crippen LogP contribution in [-0.4, -0.2) is 23.2 Å². The van der Waals surface area contributed by atoms with Crippen molar-refractivity contribution in [1.82, 2.24) is 10.3 Å². The standard InChI is InChI=1S/C21H20N2O2/c1-15(24)18-5-2-16(3-6-18)8-11-23-21(25)13-17-4-7-20-14-22-10-9-19(20)12-17/h2-7,9-10,12,14H,8,11,13H2,1H3,(H,23,25). The maximum Gasteiger partial charge on any atom is 0.224 e. The first kappa shape index (κ1) is 16.8. The van der Waals surface area contributed by atoms with Crippen molar-refractivity contribution in [1.29, 1.82) is 0 Å². The zero-order valence-corrected chi connectivity index (χ0v) is 14.2. The molecule has 2 aromatic carbocycles. The van der Waals surface area contributed by atoms with Crippen LogP contribution in [0.2, 0.25) is 0 Å². The second kappa shape index (κ2) is 7.71. The normalized spacial score (nSPS) is 10.6. The Kier molecular flexibility index (Phi) is 5.19. The molecule has 0 radical (unpaired) electrons. The van der Waals surface area contributed by atoms with Gasteiger partial charge in [-0.25, -0.2) is 0 Å². The number of rotatable bonds is 6. The average Bonchev–Trinajstić information content (AvgIpc) is 2.62. The number of Topliss-reactive ketones (excluding diaryl/α,β-unsaturated/α-hetero) is 1. The van der Waals surface area contributed by atoms with Gasteiger partial charge in [-0.2, -0.15) is 0 Å². The molecule has 0 unspecified atom stereocenters. The highest BCUT2D eigenvalue weighted by Crippen LogP contribution is 2.14. The first-order valence-electron chi connectivity index (χ1n) is 8.31. The van der Waals surface area contributed by atoms with Crippen molar-refractivity contribution in [3.63, 3.8) is 0 Å². The average molecular weight is 332 g/mol. The first-order chi connectivity index (χ1) is 12.1. The maximum absolute atomic E-state index is 12.1. The number of nitrogens with zero attached hydrogens (tertiary/aromatic N) is 1.